The lowest BCUT2D eigenvalue weighted by Crippen LogP contribution is -2.48. The highest BCUT2D eigenvalue weighted by molar-refractivity contribution is 5.84. The summed E-state index contributed by atoms with van der Waals surface area (Å²) < 4.78 is 7.12. The SMILES string of the molecule is [2H]C[C@@]1(C(N)=O)CCCN1. The van der Waals surface area contributed by atoms with Crippen molar-refractivity contribution in [2.45, 2.75) is 25.3 Å². The first-order valence-corrected chi connectivity index (χ1v) is 3.05. The molecule has 0 radical (unpaired) electrons. The minimum absolute atomic E-state index is 0.0579. The van der Waals surface area contributed by atoms with Crippen molar-refractivity contribution in [1.82, 2.24) is 5.32 Å². The average Bonchev–Trinajstić information content (AvgIpc) is 2.35. The molecule has 1 fully saturated rings. The van der Waals surface area contributed by atoms with Gasteiger partial charge in [0.1, 0.15) is 0 Å². The molecule has 0 aromatic heterocycles. The van der Waals surface area contributed by atoms with Gasteiger partial charge in [-0.25, -0.2) is 0 Å². The van der Waals surface area contributed by atoms with E-state index in [1.165, 1.54) is 0 Å². The Morgan fingerprint density at radius 3 is 3.00 bits per heavy atom. The second-order valence-corrected chi connectivity index (χ2v) is 2.48. The van der Waals surface area contributed by atoms with Gasteiger partial charge in [0.25, 0.3) is 0 Å². The van der Waals surface area contributed by atoms with Gasteiger partial charge in [-0.2, -0.15) is 0 Å². The zero-order chi connectivity index (χ0) is 7.61. The number of hydrogen-bond acceptors (Lipinski definition) is 2. The van der Waals surface area contributed by atoms with E-state index in [2.05, 4.69) is 5.32 Å². The van der Waals surface area contributed by atoms with E-state index in [0.29, 0.717) is 6.42 Å². The molecule has 0 aromatic rings. The van der Waals surface area contributed by atoms with Crippen LogP contribution in [0.1, 0.15) is 21.1 Å². The Kier molecular flexibility index (Phi) is 1.16. The molecular weight excluding hydrogens is 116 g/mol. The van der Waals surface area contributed by atoms with Gasteiger partial charge in [-0.3, -0.25) is 4.79 Å². The Hall–Kier alpha value is -0.570. The highest BCUT2D eigenvalue weighted by Gasteiger charge is 2.33. The molecule has 0 unspecified atom stereocenters. The van der Waals surface area contributed by atoms with Gasteiger partial charge in [0.15, 0.2) is 0 Å². The predicted molar refractivity (Wildman–Crippen MR) is 34.8 cm³/mol. The van der Waals surface area contributed by atoms with E-state index in [-0.39, 0.29) is 12.8 Å². The van der Waals surface area contributed by atoms with Crippen molar-refractivity contribution in [3.8, 4) is 0 Å². The molecule has 0 aliphatic carbocycles. The lowest BCUT2D eigenvalue weighted by Gasteiger charge is -2.18. The smallest absolute Gasteiger partial charge is 0.237 e. The van der Waals surface area contributed by atoms with Crippen molar-refractivity contribution in [2.24, 2.45) is 5.73 Å². The Morgan fingerprint density at radius 2 is 2.78 bits per heavy atom. The van der Waals surface area contributed by atoms with E-state index in [0.717, 1.165) is 13.0 Å². The molecule has 1 heterocycles. The maximum absolute atomic E-state index is 10.8. The zero-order valence-corrected chi connectivity index (χ0v) is 5.31. The Morgan fingerprint density at radius 1 is 2.00 bits per heavy atom. The number of primary amides is 1. The third-order valence-electron chi connectivity index (χ3n) is 1.72. The molecule has 3 N–H and O–H groups in total. The molecule has 3 heteroatoms. The third-order valence-corrected chi connectivity index (χ3v) is 1.72. The molecule has 0 aromatic carbocycles. The number of nitrogens with one attached hydrogen (secondary N) is 1. The van der Waals surface area contributed by atoms with Crippen LogP contribution in [0.25, 0.3) is 0 Å². The Labute approximate surface area is 56.0 Å². The largest absolute Gasteiger partial charge is 0.368 e. The van der Waals surface area contributed by atoms with E-state index < -0.39 is 5.54 Å². The molecule has 1 atom stereocenters. The van der Waals surface area contributed by atoms with Crippen LogP contribution in [-0.2, 0) is 4.79 Å². The summed E-state index contributed by atoms with van der Waals surface area (Å²) in [7, 11) is 0. The van der Waals surface area contributed by atoms with Crippen LogP contribution in [0.4, 0.5) is 0 Å². The molecule has 9 heavy (non-hydrogen) atoms. The summed E-state index contributed by atoms with van der Waals surface area (Å²) in [6.07, 6.45) is 1.66. The van der Waals surface area contributed by atoms with E-state index in [4.69, 9.17) is 7.10 Å². The Balaban J connectivity index is 2.67. The number of carbonyl (C=O) groups excluding carboxylic acids is 1. The number of amides is 1. The molecule has 52 valence electrons. The van der Waals surface area contributed by atoms with Gasteiger partial charge in [0, 0.05) is 1.37 Å². The third kappa shape index (κ3) is 1.05. The first-order chi connectivity index (χ1) is 4.71. The molecule has 0 saturated carbocycles. The van der Waals surface area contributed by atoms with E-state index in [1.54, 1.807) is 0 Å². The fraction of sp³-hybridized carbons (Fsp3) is 0.833. The molecule has 1 amide bonds. The molecule has 3 nitrogen and oxygen atoms in total. The van der Waals surface area contributed by atoms with Crippen molar-refractivity contribution in [2.75, 3.05) is 6.54 Å². The van der Waals surface area contributed by atoms with Crippen LogP contribution >= 0.6 is 0 Å². The zero-order valence-electron chi connectivity index (χ0n) is 6.31. The summed E-state index contributed by atoms with van der Waals surface area (Å²) in [6.45, 7) is 0.865. The van der Waals surface area contributed by atoms with Crippen LogP contribution in [-0.4, -0.2) is 18.0 Å². The summed E-state index contributed by atoms with van der Waals surface area (Å²) in [5, 5.41) is 2.96. The molecular formula is C6H12N2O. The highest BCUT2D eigenvalue weighted by atomic mass is 16.1. The summed E-state index contributed by atoms with van der Waals surface area (Å²) >= 11 is 0. The van der Waals surface area contributed by atoms with Crippen molar-refractivity contribution >= 4 is 5.91 Å². The molecule has 1 rings (SSSR count). The molecule has 1 saturated heterocycles. The summed E-state index contributed by atoms with van der Waals surface area (Å²) in [5.74, 6) is -0.389. The number of carbonyl (C=O) groups is 1. The maximum atomic E-state index is 10.8. The molecule has 0 bridgehead atoms. The van der Waals surface area contributed by atoms with Gasteiger partial charge in [0.05, 0.1) is 5.54 Å². The number of nitrogens with two attached hydrogens (primary N) is 1. The van der Waals surface area contributed by atoms with Crippen molar-refractivity contribution in [3.63, 3.8) is 0 Å². The summed E-state index contributed by atoms with van der Waals surface area (Å²) in [5.41, 5.74) is 4.41. The van der Waals surface area contributed by atoms with Crippen LogP contribution in [0.3, 0.4) is 0 Å². The monoisotopic (exact) mass is 129 g/mol. The van der Waals surface area contributed by atoms with Crippen LogP contribution in [0.15, 0.2) is 0 Å². The van der Waals surface area contributed by atoms with Crippen LogP contribution in [0.2, 0.25) is 0 Å². The van der Waals surface area contributed by atoms with Gasteiger partial charge in [-0.15, -0.1) is 0 Å². The first-order valence-electron chi connectivity index (χ1n) is 3.76. The van der Waals surface area contributed by atoms with Crippen LogP contribution < -0.4 is 11.1 Å². The summed E-state index contributed by atoms with van der Waals surface area (Å²) in [4.78, 5) is 10.8. The summed E-state index contributed by atoms with van der Waals surface area (Å²) in [6, 6.07) is 0. The van der Waals surface area contributed by atoms with Gasteiger partial charge < -0.3 is 11.1 Å². The van der Waals surface area contributed by atoms with Gasteiger partial charge in [-0.1, -0.05) is 0 Å². The second kappa shape index (κ2) is 1.99. The van der Waals surface area contributed by atoms with Crippen LogP contribution in [0.5, 0.6) is 0 Å². The van der Waals surface area contributed by atoms with Crippen molar-refractivity contribution in [3.05, 3.63) is 0 Å². The number of rotatable bonds is 1. The molecule has 0 spiro atoms. The minimum atomic E-state index is -0.708. The van der Waals surface area contributed by atoms with E-state index in [1.807, 2.05) is 0 Å². The second-order valence-electron chi connectivity index (χ2n) is 2.48. The van der Waals surface area contributed by atoms with Gasteiger partial charge in [0.2, 0.25) is 5.91 Å². The molecule has 1 aliphatic rings. The maximum Gasteiger partial charge on any atom is 0.237 e. The van der Waals surface area contributed by atoms with Crippen LogP contribution in [0, 0.1) is 0 Å². The quantitative estimate of drug-likeness (QED) is 0.507. The highest BCUT2D eigenvalue weighted by Crippen LogP contribution is 2.16. The van der Waals surface area contributed by atoms with Gasteiger partial charge in [-0.05, 0) is 26.3 Å². The fourth-order valence-corrected chi connectivity index (χ4v) is 1.02. The van der Waals surface area contributed by atoms with E-state index >= 15 is 0 Å². The van der Waals surface area contributed by atoms with Crippen molar-refractivity contribution in [1.29, 1.82) is 0 Å². The minimum Gasteiger partial charge on any atom is -0.368 e. The average molecular weight is 129 g/mol. The normalized spacial score (nSPS) is 36.2. The predicted octanol–water partition coefficient (Wildman–Crippen LogP) is -0.386. The van der Waals surface area contributed by atoms with Gasteiger partial charge >= 0.3 is 0 Å². The molecule has 1 aliphatic heterocycles. The number of hydrogen-bond donors (Lipinski definition) is 2. The first kappa shape index (κ1) is 5.23. The standard InChI is InChI=1S/C6H12N2O/c1-6(5(7)9)3-2-4-8-6/h8H,2-4H2,1H3,(H2,7,9)/t6-/m0/s1/i1D. The lowest BCUT2D eigenvalue weighted by molar-refractivity contribution is -0.123. The Bertz CT molecular complexity index is 143. The lowest BCUT2D eigenvalue weighted by atomic mass is 10.0. The van der Waals surface area contributed by atoms with Crippen molar-refractivity contribution < 1.29 is 6.17 Å². The topological polar surface area (TPSA) is 55.1 Å². The van der Waals surface area contributed by atoms with E-state index in [9.17, 15) is 4.79 Å². The fourth-order valence-electron chi connectivity index (χ4n) is 1.02.